The Morgan fingerprint density at radius 1 is 0.862 bits per heavy atom. The molecule has 1 heterocycles. The lowest BCUT2D eigenvalue weighted by atomic mass is 10.2. The van der Waals surface area contributed by atoms with Crippen molar-refractivity contribution in [1.82, 2.24) is 4.31 Å². The molecule has 8 heteroatoms. The van der Waals surface area contributed by atoms with Crippen molar-refractivity contribution in [2.75, 3.05) is 6.54 Å². The maximum atomic E-state index is 14.0. The summed E-state index contributed by atoms with van der Waals surface area (Å²) in [5.74, 6) is 0. The number of hydrogen-bond acceptors (Lipinski definition) is 3. The van der Waals surface area contributed by atoms with E-state index in [1.165, 1.54) is 12.1 Å². The van der Waals surface area contributed by atoms with E-state index in [-0.39, 0.29) is 10.9 Å². The largest absolute Gasteiger partial charge is 0.291 e. The van der Waals surface area contributed by atoms with Crippen LogP contribution in [0.15, 0.2) is 92.4 Å². The molecule has 3 aromatic rings. The molecule has 1 aliphatic rings. The fraction of sp³-hybridized carbons (Fsp3) is 0.143. The van der Waals surface area contributed by atoms with Gasteiger partial charge in [-0.15, -0.1) is 0 Å². The molecule has 150 valence electrons. The number of rotatable bonds is 5. The zero-order valence-corrected chi connectivity index (χ0v) is 18.0. The number of sulfonamides is 1. The van der Waals surface area contributed by atoms with Crippen LogP contribution in [0.25, 0.3) is 0 Å². The van der Waals surface area contributed by atoms with Gasteiger partial charge in [0.05, 0.1) is 15.8 Å². The predicted molar refractivity (Wildman–Crippen MR) is 115 cm³/mol. The molecule has 3 atom stereocenters. The number of aryl methyl sites for hydroxylation is 1. The monoisotopic (exact) mass is 446 g/mol. The van der Waals surface area contributed by atoms with Gasteiger partial charge in [-0.25, -0.2) is 8.51 Å². The quantitative estimate of drug-likeness (QED) is 0.527. The van der Waals surface area contributed by atoms with Gasteiger partial charge in [0.15, 0.2) is 9.92 Å². The summed E-state index contributed by atoms with van der Waals surface area (Å²) in [5.41, 5.74) is 1.90. The van der Waals surface area contributed by atoms with Crippen LogP contribution >= 0.6 is 11.6 Å². The first-order valence-corrected chi connectivity index (χ1v) is 12.3. The number of halogens is 1. The fourth-order valence-electron chi connectivity index (χ4n) is 3.06. The van der Waals surface area contributed by atoms with E-state index in [0.717, 1.165) is 11.1 Å². The van der Waals surface area contributed by atoms with E-state index in [9.17, 15) is 12.6 Å². The first-order chi connectivity index (χ1) is 13.8. The molecule has 29 heavy (non-hydrogen) atoms. The number of hydrogen-bond donors (Lipinski definition) is 0. The Labute approximate surface area is 176 Å². The van der Waals surface area contributed by atoms with Crippen molar-refractivity contribution in [1.29, 1.82) is 0 Å². The van der Waals surface area contributed by atoms with E-state index >= 15 is 0 Å². The van der Waals surface area contributed by atoms with Crippen LogP contribution in [0.4, 0.5) is 0 Å². The van der Waals surface area contributed by atoms with Crippen molar-refractivity contribution in [2.45, 2.75) is 22.8 Å². The third-order valence-corrected chi connectivity index (χ3v) is 9.35. The van der Waals surface area contributed by atoms with Crippen LogP contribution in [0, 0.1) is 6.92 Å². The summed E-state index contributed by atoms with van der Waals surface area (Å²) in [7, 11) is -7.52. The number of benzene rings is 3. The van der Waals surface area contributed by atoms with Crippen molar-refractivity contribution in [3.63, 3.8) is 0 Å². The smallest absolute Gasteiger partial charge is 0.227 e. The van der Waals surface area contributed by atoms with Gasteiger partial charge in [-0.05, 0) is 48.9 Å². The maximum absolute atomic E-state index is 14.0. The van der Waals surface area contributed by atoms with Crippen LogP contribution in [0.3, 0.4) is 0 Å². The zero-order valence-electron chi connectivity index (χ0n) is 15.6. The molecule has 0 aliphatic carbocycles. The average molecular weight is 447 g/mol. The molecule has 0 bridgehead atoms. The van der Waals surface area contributed by atoms with Crippen molar-refractivity contribution >= 4 is 31.5 Å². The minimum absolute atomic E-state index is 0.0166. The van der Waals surface area contributed by atoms with E-state index < -0.39 is 19.9 Å². The molecule has 0 amide bonds. The highest BCUT2D eigenvalue weighted by Crippen LogP contribution is 2.42. The second kappa shape index (κ2) is 7.57. The summed E-state index contributed by atoms with van der Waals surface area (Å²) in [6, 6.07) is 22.1. The third kappa shape index (κ3) is 4.09. The normalized spacial score (nSPS) is 20.6. The van der Waals surface area contributed by atoms with E-state index in [2.05, 4.69) is 3.77 Å². The van der Waals surface area contributed by atoms with Gasteiger partial charge in [-0.3, -0.25) is 0 Å². The van der Waals surface area contributed by atoms with Gasteiger partial charge < -0.3 is 0 Å². The van der Waals surface area contributed by atoms with E-state index in [1.807, 2.05) is 37.3 Å². The Morgan fingerprint density at radius 3 is 2.07 bits per heavy atom. The second-order valence-electron chi connectivity index (χ2n) is 6.84. The molecule has 0 saturated carbocycles. The van der Waals surface area contributed by atoms with Crippen molar-refractivity contribution in [3.8, 4) is 0 Å². The van der Waals surface area contributed by atoms with E-state index in [1.54, 1.807) is 40.7 Å². The SMILES string of the molecule is Cc1ccc(S(=O)(=O)N=S(=O)(c2ccc(Cl)cc2)N2CC2c2ccccc2)cc1. The van der Waals surface area contributed by atoms with Crippen LogP contribution < -0.4 is 0 Å². The maximum Gasteiger partial charge on any atom is 0.291 e. The van der Waals surface area contributed by atoms with Gasteiger partial charge in [0, 0.05) is 11.6 Å². The second-order valence-corrected chi connectivity index (χ2v) is 11.2. The van der Waals surface area contributed by atoms with Gasteiger partial charge in [0.1, 0.15) is 0 Å². The molecule has 1 saturated heterocycles. The van der Waals surface area contributed by atoms with Crippen LogP contribution in [0.1, 0.15) is 17.2 Å². The summed E-state index contributed by atoms with van der Waals surface area (Å²) < 4.78 is 45.6. The minimum Gasteiger partial charge on any atom is -0.227 e. The topological polar surface area (TPSA) is 66.6 Å². The standard InChI is InChI=1S/C21H19ClN2O3S2/c1-16-7-11-20(12-8-16)29(26,27)23-28(25,19-13-9-18(22)10-14-19)24-15-21(24)17-5-3-2-4-6-17/h2-14,21H,15H2,1H3. The van der Waals surface area contributed by atoms with Gasteiger partial charge in [0.25, 0.3) is 10.0 Å². The molecule has 0 aromatic heterocycles. The zero-order chi connectivity index (χ0) is 20.6. The molecule has 5 nitrogen and oxygen atoms in total. The fourth-order valence-corrected chi connectivity index (χ4v) is 7.34. The summed E-state index contributed by atoms with van der Waals surface area (Å²) in [5, 5.41) is 0.474. The summed E-state index contributed by atoms with van der Waals surface area (Å²) in [4.78, 5) is 0.332. The Morgan fingerprint density at radius 2 is 1.45 bits per heavy atom. The summed E-state index contributed by atoms with van der Waals surface area (Å²) in [6.07, 6.45) is 0. The molecule has 3 unspecified atom stereocenters. The van der Waals surface area contributed by atoms with Gasteiger partial charge in [0.2, 0.25) is 0 Å². The van der Waals surface area contributed by atoms with Crippen molar-refractivity contribution < 1.29 is 12.6 Å². The van der Waals surface area contributed by atoms with Gasteiger partial charge in [-0.2, -0.15) is 8.42 Å². The lowest BCUT2D eigenvalue weighted by molar-refractivity contribution is 0.596. The molecule has 0 N–H and O–H groups in total. The van der Waals surface area contributed by atoms with Crippen molar-refractivity contribution in [2.24, 2.45) is 3.77 Å². The molecule has 0 radical (unpaired) electrons. The lowest BCUT2D eigenvalue weighted by Crippen LogP contribution is -2.15. The third-order valence-electron chi connectivity index (χ3n) is 4.71. The Bertz CT molecular complexity index is 1250. The first-order valence-electron chi connectivity index (χ1n) is 8.97. The molecular formula is C21H19ClN2O3S2. The van der Waals surface area contributed by atoms with Crippen LogP contribution in [-0.4, -0.2) is 23.5 Å². The van der Waals surface area contributed by atoms with E-state index in [0.29, 0.717) is 16.5 Å². The highest BCUT2D eigenvalue weighted by Gasteiger charge is 2.45. The van der Waals surface area contributed by atoms with E-state index in [4.69, 9.17) is 11.6 Å². The Balaban J connectivity index is 1.83. The minimum atomic E-state index is -4.13. The van der Waals surface area contributed by atoms with Gasteiger partial charge >= 0.3 is 0 Å². The Kier molecular flexibility index (Phi) is 5.25. The average Bonchev–Trinajstić information content (AvgIpc) is 3.51. The molecular weight excluding hydrogens is 428 g/mol. The highest BCUT2D eigenvalue weighted by atomic mass is 35.5. The first kappa shape index (κ1) is 20.1. The highest BCUT2D eigenvalue weighted by molar-refractivity contribution is 8.02. The Hall–Kier alpha value is -2.19. The predicted octanol–water partition coefficient (Wildman–Crippen LogP) is 4.84. The van der Waals surface area contributed by atoms with Crippen LogP contribution in [-0.2, 0) is 19.9 Å². The summed E-state index contributed by atoms with van der Waals surface area (Å²) >= 11 is 5.97. The van der Waals surface area contributed by atoms with Gasteiger partial charge in [-0.1, -0.05) is 63.4 Å². The van der Waals surface area contributed by atoms with Crippen LogP contribution in [0.2, 0.25) is 5.02 Å². The summed E-state index contributed by atoms with van der Waals surface area (Å²) in [6.45, 7) is 2.32. The molecule has 1 fully saturated rings. The molecule has 1 aliphatic heterocycles. The molecule has 4 rings (SSSR count). The van der Waals surface area contributed by atoms with Crippen molar-refractivity contribution in [3.05, 3.63) is 95.0 Å². The lowest BCUT2D eigenvalue weighted by Gasteiger charge is -2.13. The van der Waals surface area contributed by atoms with Crippen LogP contribution in [0.5, 0.6) is 0 Å². The number of nitrogens with zero attached hydrogens (tertiary/aromatic N) is 2. The molecule has 0 spiro atoms. The molecule has 3 aromatic carbocycles.